The highest BCUT2D eigenvalue weighted by Gasteiger charge is 2.36. The number of aromatic nitrogens is 2. The molecule has 0 fully saturated rings. The number of carbonyl (C=O) groups excluding carboxylic acids is 1. The van der Waals surface area contributed by atoms with E-state index >= 15 is 0 Å². The SMILES string of the molecule is COc1cc(C(=O)N[C@H](Cc2ccc(-c3cc(Cl)ccc3F)cc2)C[C@@](C)(CO)C(=O)O)n[nH]1. The van der Waals surface area contributed by atoms with Gasteiger partial charge in [-0.25, -0.2) is 9.49 Å². The number of carbonyl (C=O) groups is 2. The molecule has 10 heteroatoms. The number of ether oxygens (including phenoxy) is 1. The predicted molar refractivity (Wildman–Crippen MR) is 124 cm³/mol. The van der Waals surface area contributed by atoms with Gasteiger partial charge in [-0.2, -0.15) is 5.10 Å². The van der Waals surface area contributed by atoms with E-state index < -0.39 is 35.8 Å². The lowest BCUT2D eigenvalue weighted by molar-refractivity contribution is -0.151. The number of halogens is 2. The highest BCUT2D eigenvalue weighted by atomic mass is 35.5. The van der Waals surface area contributed by atoms with Crippen LogP contribution in [0.3, 0.4) is 0 Å². The minimum absolute atomic E-state index is 0.0309. The molecule has 0 spiro atoms. The van der Waals surface area contributed by atoms with Gasteiger partial charge in [-0.3, -0.25) is 9.59 Å². The Bertz CT molecular complexity index is 1170. The van der Waals surface area contributed by atoms with Crippen molar-refractivity contribution in [1.82, 2.24) is 15.5 Å². The topological polar surface area (TPSA) is 125 Å². The van der Waals surface area contributed by atoms with E-state index in [9.17, 15) is 24.2 Å². The molecule has 1 heterocycles. The molecule has 1 aromatic heterocycles. The molecular weight excluding hydrogens is 465 g/mol. The Kier molecular flexibility index (Phi) is 7.90. The van der Waals surface area contributed by atoms with Gasteiger partial charge in [0.05, 0.1) is 19.1 Å². The summed E-state index contributed by atoms with van der Waals surface area (Å²) in [5, 5.41) is 28.9. The molecule has 0 unspecified atom stereocenters. The molecule has 0 bridgehead atoms. The predicted octanol–water partition coefficient (Wildman–Crippen LogP) is 3.69. The molecule has 34 heavy (non-hydrogen) atoms. The van der Waals surface area contributed by atoms with E-state index in [2.05, 4.69) is 15.5 Å². The third kappa shape index (κ3) is 5.92. The van der Waals surface area contributed by atoms with E-state index in [1.54, 1.807) is 24.3 Å². The van der Waals surface area contributed by atoms with Crippen LogP contribution in [0.25, 0.3) is 11.1 Å². The average Bonchev–Trinajstić information content (AvgIpc) is 3.30. The number of aliphatic hydroxyl groups excluding tert-OH is 1. The fourth-order valence-electron chi connectivity index (χ4n) is 3.55. The number of H-pyrrole nitrogens is 1. The van der Waals surface area contributed by atoms with Gasteiger partial charge in [0.2, 0.25) is 5.88 Å². The zero-order valence-corrected chi connectivity index (χ0v) is 19.4. The first-order valence-electron chi connectivity index (χ1n) is 10.4. The number of nitrogens with one attached hydrogen (secondary N) is 2. The number of benzene rings is 2. The molecular formula is C24H25ClFN3O5. The largest absolute Gasteiger partial charge is 0.481 e. The average molecular weight is 490 g/mol. The first-order valence-corrected chi connectivity index (χ1v) is 10.8. The number of hydrogen-bond donors (Lipinski definition) is 4. The Hall–Kier alpha value is -3.43. The van der Waals surface area contributed by atoms with Crippen LogP contribution in [0.2, 0.25) is 5.02 Å². The zero-order valence-electron chi connectivity index (χ0n) is 18.6. The normalized spacial score (nSPS) is 13.7. The number of carboxylic acids is 1. The minimum atomic E-state index is -1.47. The summed E-state index contributed by atoms with van der Waals surface area (Å²) < 4.78 is 19.2. The van der Waals surface area contributed by atoms with Gasteiger partial charge in [-0.05, 0) is 49.1 Å². The van der Waals surface area contributed by atoms with Crippen LogP contribution in [0.4, 0.5) is 4.39 Å². The summed E-state index contributed by atoms with van der Waals surface area (Å²) in [4.78, 5) is 24.5. The maximum Gasteiger partial charge on any atom is 0.311 e. The Balaban J connectivity index is 1.83. The van der Waals surface area contributed by atoms with Crippen molar-refractivity contribution in [3.63, 3.8) is 0 Å². The molecule has 2 atom stereocenters. The van der Waals surface area contributed by atoms with Crippen molar-refractivity contribution in [2.24, 2.45) is 5.41 Å². The Morgan fingerprint density at radius 1 is 1.24 bits per heavy atom. The number of hydrogen-bond acceptors (Lipinski definition) is 5. The van der Waals surface area contributed by atoms with E-state index in [0.29, 0.717) is 22.0 Å². The number of rotatable bonds is 10. The summed E-state index contributed by atoms with van der Waals surface area (Å²) in [7, 11) is 1.43. The zero-order chi connectivity index (χ0) is 24.9. The van der Waals surface area contributed by atoms with E-state index in [4.69, 9.17) is 16.3 Å². The van der Waals surface area contributed by atoms with E-state index in [0.717, 1.165) is 5.56 Å². The molecule has 0 saturated heterocycles. The second-order valence-electron chi connectivity index (χ2n) is 8.25. The minimum Gasteiger partial charge on any atom is -0.481 e. The van der Waals surface area contributed by atoms with Gasteiger partial charge in [0.25, 0.3) is 5.91 Å². The van der Waals surface area contributed by atoms with Crippen molar-refractivity contribution in [2.45, 2.75) is 25.8 Å². The molecule has 1 amide bonds. The van der Waals surface area contributed by atoms with E-state index in [-0.39, 0.29) is 18.5 Å². The van der Waals surface area contributed by atoms with Crippen LogP contribution >= 0.6 is 11.6 Å². The van der Waals surface area contributed by atoms with E-state index in [1.807, 2.05) is 0 Å². The maximum absolute atomic E-state index is 14.2. The molecule has 2 aromatic carbocycles. The first kappa shape index (κ1) is 25.2. The molecule has 0 radical (unpaired) electrons. The number of amides is 1. The van der Waals surface area contributed by atoms with Crippen molar-refractivity contribution >= 4 is 23.5 Å². The fourth-order valence-corrected chi connectivity index (χ4v) is 3.72. The first-order chi connectivity index (χ1) is 16.1. The number of nitrogens with zero attached hydrogens (tertiary/aromatic N) is 1. The van der Waals surface area contributed by atoms with Gasteiger partial charge < -0.3 is 20.3 Å². The van der Waals surface area contributed by atoms with Crippen LogP contribution in [0.1, 0.15) is 29.4 Å². The molecule has 0 saturated carbocycles. The summed E-state index contributed by atoms with van der Waals surface area (Å²) in [6.07, 6.45) is 0.241. The number of methoxy groups -OCH3 is 1. The van der Waals surface area contributed by atoms with Gasteiger partial charge in [0, 0.05) is 22.7 Å². The van der Waals surface area contributed by atoms with Crippen molar-refractivity contribution in [3.8, 4) is 17.0 Å². The summed E-state index contributed by atoms with van der Waals surface area (Å²) >= 11 is 5.99. The number of carboxylic acid groups (broad SMARTS) is 1. The monoisotopic (exact) mass is 489 g/mol. The second kappa shape index (κ2) is 10.7. The van der Waals surface area contributed by atoms with Crippen molar-refractivity contribution in [2.75, 3.05) is 13.7 Å². The molecule has 4 N–H and O–H groups in total. The van der Waals surface area contributed by atoms with Crippen LogP contribution in [-0.2, 0) is 11.2 Å². The maximum atomic E-state index is 14.2. The summed E-state index contributed by atoms with van der Waals surface area (Å²) in [6.45, 7) is 0.814. The Morgan fingerprint density at radius 2 is 1.94 bits per heavy atom. The number of aliphatic hydroxyl groups is 1. The van der Waals surface area contributed by atoms with Crippen molar-refractivity contribution in [1.29, 1.82) is 0 Å². The number of aromatic amines is 1. The smallest absolute Gasteiger partial charge is 0.311 e. The molecule has 3 rings (SSSR count). The third-order valence-electron chi connectivity index (χ3n) is 5.58. The quantitative estimate of drug-likeness (QED) is 0.344. The summed E-state index contributed by atoms with van der Waals surface area (Å²) in [5.41, 5.74) is 0.371. The van der Waals surface area contributed by atoms with Gasteiger partial charge in [0.1, 0.15) is 5.82 Å². The highest BCUT2D eigenvalue weighted by Crippen LogP contribution is 2.28. The van der Waals surface area contributed by atoms with Crippen LogP contribution < -0.4 is 10.1 Å². The molecule has 3 aromatic rings. The summed E-state index contributed by atoms with van der Waals surface area (Å²) in [5.74, 6) is -1.80. The fraction of sp³-hybridized carbons (Fsp3) is 0.292. The third-order valence-corrected chi connectivity index (χ3v) is 5.81. The molecule has 0 aliphatic carbocycles. The molecule has 0 aliphatic rings. The lowest BCUT2D eigenvalue weighted by atomic mass is 9.82. The number of aliphatic carboxylic acids is 1. The Morgan fingerprint density at radius 3 is 2.53 bits per heavy atom. The van der Waals surface area contributed by atoms with E-state index in [1.165, 1.54) is 38.3 Å². The summed E-state index contributed by atoms with van der Waals surface area (Å²) in [6, 6.07) is 12.1. The lowest BCUT2D eigenvalue weighted by Crippen LogP contribution is -2.44. The molecule has 8 nitrogen and oxygen atoms in total. The second-order valence-corrected chi connectivity index (χ2v) is 8.68. The van der Waals surface area contributed by atoms with Gasteiger partial charge in [0.15, 0.2) is 5.69 Å². The lowest BCUT2D eigenvalue weighted by Gasteiger charge is -2.28. The van der Waals surface area contributed by atoms with Gasteiger partial charge in [-0.15, -0.1) is 0 Å². The van der Waals surface area contributed by atoms with Crippen molar-refractivity contribution < 1.29 is 28.9 Å². The standard InChI is InChI=1S/C24H25ClFN3O5/c1-24(13-30,23(32)33)12-17(27-22(31)20-11-21(34-2)29-28-20)9-14-3-5-15(6-4-14)18-10-16(25)7-8-19(18)26/h3-8,10-11,17,30H,9,12-13H2,1-2H3,(H,27,31)(H,28,29)(H,32,33)/t17-,24+/m1/s1. The van der Waals surface area contributed by atoms with Gasteiger partial charge in [-0.1, -0.05) is 35.9 Å². The highest BCUT2D eigenvalue weighted by molar-refractivity contribution is 6.30. The van der Waals surface area contributed by atoms with Gasteiger partial charge >= 0.3 is 5.97 Å². The van der Waals surface area contributed by atoms with Crippen LogP contribution in [0, 0.1) is 11.2 Å². The Labute approximate surface area is 200 Å². The van der Waals surface area contributed by atoms with Crippen LogP contribution in [-0.4, -0.2) is 52.0 Å². The van der Waals surface area contributed by atoms with Crippen LogP contribution in [0.15, 0.2) is 48.5 Å². The molecule has 0 aliphatic heterocycles. The van der Waals surface area contributed by atoms with Crippen molar-refractivity contribution in [3.05, 3.63) is 70.6 Å². The molecule has 180 valence electrons. The van der Waals surface area contributed by atoms with Crippen LogP contribution in [0.5, 0.6) is 5.88 Å².